The van der Waals surface area contributed by atoms with Crippen molar-refractivity contribution in [3.8, 4) is 5.75 Å². The van der Waals surface area contributed by atoms with Gasteiger partial charge in [-0.25, -0.2) is 0 Å². The molecule has 1 unspecified atom stereocenters. The van der Waals surface area contributed by atoms with E-state index in [0.717, 1.165) is 37.5 Å². The van der Waals surface area contributed by atoms with Crippen molar-refractivity contribution < 1.29 is 9.66 Å². The number of piperazine rings is 1. The normalized spacial score (nSPS) is 17.4. The maximum Gasteiger partial charge on any atom is 0.292 e. The molecule has 0 radical (unpaired) electrons. The van der Waals surface area contributed by atoms with Crippen molar-refractivity contribution in [3.63, 3.8) is 0 Å². The van der Waals surface area contributed by atoms with Crippen molar-refractivity contribution in [1.29, 1.82) is 0 Å². The van der Waals surface area contributed by atoms with Crippen LogP contribution >= 0.6 is 0 Å². The summed E-state index contributed by atoms with van der Waals surface area (Å²) in [6, 6.07) is 12.6. The minimum Gasteiger partial charge on any atom is -0.496 e. The zero-order valence-electron chi connectivity index (χ0n) is 15.4. The molecule has 0 amide bonds. The predicted octanol–water partition coefficient (Wildman–Crippen LogP) is 2.24. The number of nitro benzene ring substituents is 1. The molecule has 27 heavy (non-hydrogen) atoms. The van der Waals surface area contributed by atoms with Crippen molar-refractivity contribution in [2.75, 3.05) is 50.9 Å². The molecule has 0 spiro atoms. The first kappa shape index (κ1) is 18.9. The number of nitrogens with zero attached hydrogens (tertiary/aromatic N) is 2. The molecule has 1 heterocycles. The summed E-state index contributed by atoms with van der Waals surface area (Å²) in [5.74, 6) is 0.778. The lowest BCUT2D eigenvalue weighted by Gasteiger charge is -2.37. The lowest BCUT2D eigenvalue weighted by atomic mass is 10.0. The van der Waals surface area contributed by atoms with Crippen LogP contribution in [0.2, 0.25) is 0 Å². The first-order valence-corrected chi connectivity index (χ1v) is 8.95. The summed E-state index contributed by atoms with van der Waals surface area (Å²) >= 11 is 0. The van der Waals surface area contributed by atoms with Gasteiger partial charge in [-0.05, 0) is 12.1 Å². The van der Waals surface area contributed by atoms with Gasteiger partial charge in [-0.1, -0.05) is 18.2 Å². The number of nitrogens with one attached hydrogen (secondary N) is 2. The Hall–Kier alpha value is -2.84. The summed E-state index contributed by atoms with van der Waals surface area (Å²) in [5.41, 5.74) is 8.27. The van der Waals surface area contributed by atoms with E-state index in [1.165, 1.54) is 6.07 Å². The number of benzene rings is 2. The van der Waals surface area contributed by atoms with Gasteiger partial charge in [0.15, 0.2) is 0 Å². The Morgan fingerprint density at radius 1 is 1.37 bits per heavy atom. The Morgan fingerprint density at radius 2 is 2.19 bits per heavy atom. The van der Waals surface area contributed by atoms with Gasteiger partial charge in [-0.15, -0.1) is 0 Å². The highest BCUT2D eigenvalue weighted by atomic mass is 16.6. The third kappa shape index (κ3) is 4.47. The Labute approximate surface area is 158 Å². The van der Waals surface area contributed by atoms with E-state index in [2.05, 4.69) is 15.5 Å². The fourth-order valence-corrected chi connectivity index (χ4v) is 3.44. The first-order valence-electron chi connectivity index (χ1n) is 8.95. The predicted molar refractivity (Wildman–Crippen MR) is 106 cm³/mol. The molecule has 3 rings (SSSR count). The van der Waals surface area contributed by atoms with Crippen LogP contribution in [0.4, 0.5) is 17.1 Å². The number of nitrogen functional groups attached to an aromatic ring is 1. The summed E-state index contributed by atoms with van der Waals surface area (Å²) in [6.07, 6.45) is 0. The van der Waals surface area contributed by atoms with Gasteiger partial charge in [0.2, 0.25) is 0 Å². The van der Waals surface area contributed by atoms with E-state index in [9.17, 15) is 10.1 Å². The molecule has 0 aliphatic carbocycles. The van der Waals surface area contributed by atoms with E-state index in [0.29, 0.717) is 17.9 Å². The highest BCUT2D eigenvalue weighted by molar-refractivity contribution is 5.61. The fraction of sp³-hybridized carbons (Fsp3) is 0.368. The number of anilines is 2. The number of hydrogen-bond acceptors (Lipinski definition) is 7. The largest absolute Gasteiger partial charge is 0.496 e. The van der Waals surface area contributed by atoms with Gasteiger partial charge in [-0.2, -0.15) is 0 Å². The number of rotatable bonds is 7. The van der Waals surface area contributed by atoms with Gasteiger partial charge in [0.05, 0.1) is 18.1 Å². The lowest BCUT2D eigenvalue weighted by molar-refractivity contribution is -0.384. The number of methoxy groups -OCH3 is 1. The van der Waals surface area contributed by atoms with Crippen LogP contribution in [0.5, 0.6) is 5.75 Å². The minimum atomic E-state index is -0.366. The zero-order valence-corrected chi connectivity index (χ0v) is 15.4. The summed E-state index contributed by atoms with van der Waals surface area (Å²) in [7, 11) is 1.65. The Bertz CT molecular complexity index is 799. The van der Waals surface area contributed by atoms with Crippen molar-refractivity contribution in [3.05, 3.63) is 58.1 Å². The Morgan fingerprint density at radius 3 is 2.96 bits per heavy atom. The third-order valence-corrected chi connectivity index (χ3v) is 4.79. The molecule has 2 aromatic rings. The van der Waals surface area contributed by atoms with Gasteiger partial charge in [0.1, 0.15) is 11.4 Å². The third-order valence-electron chi connectivity index (χ3n) is 4.79. The van der Waals surface area contributed by atoms with E-state index < -0.39 is 0 Å². The van der Waals surface area contributed by atoms with Crippen molar-refractivity contribution in [1.82, 2.24) is 10.2 Å². The maximum atomic E-state index is 11.1. The number of ether oxygens (including phenoxy) is 1. The molecule has 1 saturated heterocycles. The van der Waals surface area contributed by atoms with E-state index in [4.69, 9.17) is 10.5 Å². The van der Waals surface area contributed by atoms with Crippen LogP contribution in [0.15, 0.2) is 42.5 Å². The van der Waals surface area contributed by atoms with Gasteiger partial charge >= 0.3 is 0 Å². The average molecular weight is 371 g/mol. The highest BCUT2D eigenvalue weighted by Crippen LogP contribution is 2.32. The second-order valence-corrected chi connectivity index (χ2v) is 6.46. The minimum absolute atomic E-state index is 0.0922. The van der Waals surface area contributed by atoms with Gasteiger partial charge < -0.3 is 21.1 Å². The number of nitro groups is 1. The molecule has 0 saturated carbocycles. The van der Waals surface area contributed by atoms with Crippen LogP contribution in [0, 0.1) is 10.1 Å². The van der Waals surface area contributed by atoms with Crippen molar-refractivity contribution in [2.45, 2.75) is 6.04 Å². The monoisotopic (exact) mass is 371 g/mol. The van der Waals surface area contributed by atoms with Gasteiger partial charge in [0, 0.05) is 56.1 Å². The molecule has 4 N–H and O–H groups in total. The van der Waals surface area contributed by atoms with Crippen LogP contribution in [-0.2, 0) is 0 Å². The molecule has 1 aliphatic rings. The molecule has 8 nitrogen and oxygen atoms in total. The molecular weight excluding hydrogens is 346 g/mol. The Kier molecular flexibility index (Phi) is 6.10. The standard InChI is InChI=1S/C19H25N5O3/c1-27-19-12-14(20)6-7-15(19)18-13-21-8-10-23(18)11-9-22-16-4-2-3-5-17(16)24(25)26/h2-7,12,18,21-22H,8-11,13,20H2,1H3. The molecule has 2 aromatic carbocycles. The van der Waals surface area contributed by atoms with Gasteiger partial charge in [0.25, 0.3) is 5.69 Å². The smallest absolute Gasteiger partial charge is 0.292 e. The van der Waals surface area contributed by atoms with E-state index >= 15 is 0 Å². The molecule has 1 aliphatic heterocycles. The second kappa shape index (κ2) is 8.70. The molecule has 144 valence electrons. The van der Waals surface area contributed by atoms with Crippen molar-refractivity contribution in [2.24, 2.45) is 0 Å². The molecular formula is C19H25N5O3. The molecule has 1 fully saturated rings. The number of nitrogens with two attached hydrogens (primary N) is 1. The fourth-order valence-electron chi connectivity index (χ4n) is 3.44. The van der Waals surface area contributed by atoms with E-state index in [1.807, 2.05) is 18.2 Å². The SMILES string of the molecule is COc1cc(N)ccc1C1CNCCN1CCNc1ccccc1[N+](=O)[O-]. The molecule has 8 heteroatoms. The molecule has 1 atom stereocenters. The van der Waals surface area contributed by atoms with Crippen LogP contribution in [0.1, 0.15) is 11.6 Å². The summed E-state index contributed by atoms with van der Waals surface area (Å²) < 4.78 is 5.52. The van der Waals surface area contributed by atoms with Crippen LogP contribution < -0.4 is 21.1 Å². The highest BCUT2D eigenvalue weighted by Gasteiger charge is 2.26. The average Bonchev–Trinajstić information content (AvgIpc) is 2.68. The Balaban J connectivity index is 1.69. The zero-order chi connectivity index (χ0) is 19.2. The quantitative estimate of drug-likeness (QED) is 0.389. The van der Waals surface area contributed by atoms with Crippen LogP contribution in [-0.4, -0.2) is 49.7 Å². The topological polar surface area (TPSA) is 106 Å². The number of para-hydroxylation sites is 2. The molecule has 0 aromatic heterocycles. The number of hydrogen-bond donors (Lipinski definition) is 3. The van der Waals surface area contributed by atoms with Gasteiger partial charge in [-0.3, -0.25) is 15.0 Å². The summed E-state index contributed by atoms with van der Waals surface area (Å²) in [4.78, 5) is 13.1. The van der Waals surface area contributed by atoms with Crippen LogP contribution in [0.3, 0.4) is 0 Å². The second-order valence-electron chi connectivity index (χ2n) is 6.46. The summed E-state index contributed by atoms with van der Waals surface area (Å²) in [6.45, 7) is 3.96. The maximum absolute atomic E-state index is 11.1. The molecule has 0 bridgehead atoms. The van der Waals surface area contributed by atoms with E-state index in [1.54, 1.807) is 25.3 Å². The lowest BCUT2D eigenvalue weighted by Crippen LogP contribution is -2.47. The van der Waals surface area contributed by atoms with E-state index in [-0.39, 0.29) is 16.7 Å². The van der Waals surface area contributed by atoms with Crippen molar-refractivity contribution >= 4 is 17.1 Å². The van der Waals surface area contributed by atoms with Crippen LogP contribution in [0.25, 0.3) is 0 Å². The summed E-state index contributed by atoms with van der Waals surface area (Å²) in [5, 5.41) is 17.8. The first-order chi connectivity index (χ1) is 13.1.